The molecule has 0 aliphatic carbocycles. The number of hydrogen-bond acceptors (Lipinski definition) is 3. The highest BCUT2D eigenvalue weighted by molar-refractivity contribution is 7.99. The minimum atomic E-state index is -0.00357. The lowest BCUT2D eigenvalue weighted by molar-refractivity contribution is 0.0953. The van der Waals surface area contributed by atoms with Gasteiger partial charge in [0.1, 0.15) is 0 Å². The van der Waals surface area contributed by atoms with E-state index >= 15 is 0 Å². The summed E-state index contributed by atoms with van der Waals surface area (Å²) in [6.07, 6.45) is 3.00. The fraction of sp³-hybridized carbons (Fsp3) is 0.267. The molecule has 180 valence electrons. The number of nitrogens with one attached hydrogen (secondary N) is 1. The molecule has 0 aliphatic rings. The molecule has 4 rings (SSSR count). The number of aryl methyl sites for hydroxylation is 1. The van der Waals surface area contributed by atoms with Gasteiger partial charge in [0.2, 0.25) is 0 Å². The van der Waals surface area contributed by atoms with Crippen LogP contribution >= 0.6 is 11.8 Å². The molecule has 1 N–H and O–H groups in total. The van der Waals surface area contributed by atoms with Crippen LogP contribution in [-0.2, 0) is 6.54 Å². The summed E-state index contributed by atoms with van der Waals surface area (Å²) in [5.41, 5.74) is 6.43. The highest BCUT2D eigenvalue weighted by Gasteiger charge is 2.19. The number of thioether (sulfide) groups is 1. The Morgan fingerprint density at radius 2 is 1.54 bits per heavy atom. The number of unbranched alkanes of at least 4 members (excludes halogenated alkanes) is 1. The first-order chi connectivity index (χ1) is 17.2. The maximum atomic E-state index is 12.3. The van der Waals surface area contributed by atoms with Crippen LogP contribution in [0.3, 0.4) is 0 Å². The highest BCUT2D eigenvalue weighted by Crippen LogP contribution is 2.36. The minimum absolute atomic E-state index is 0.00357. The minimum Gasteiger partial charge on any atom is -0.352 e. The topological polar surface area (TPSA) is 46.9 Å². The summed E-state index contributed by atoms with van der Waals surface area (Å²) >= 11 is 1.81. The van der Waals surface area contributed by atoms with E-state index in [0.717, 1.165) is 53.5 Å². The van der Waals surface area contributed by atoms with Crippen LogP contribution in [0, 0.1) is 6.92 Å². The maximum Gasteiger partial charge on any atom is 0.251 e. The molecule has 0 fully saturated rings. The lowest BCUT2D eigenvalue weighted by atomic mass is 10.0. The van der Waals surface area contributed by atoms with E-state index < -0.39 is 0 Å². The molecule has 0 atom stereocenters. The molecule has 3 aromatic carbocycles. The second-order valence-corrected chi connectivity index (χ2v) is 9.71. The summed E-state index contributed by atoms with van der Waals surface area (Å²) < 4.78 is 2.38. The molecule has 0 saturated heterocycles. The SMILES string of the molecule is CCCn1c(SCCCCNC(=O)c2ccc(C)cc2)nc(-c2ccccc2)c1-c1ccccc1. The highest BCUT2D eigenvalue weighted by atomic mass is 32.2. The second-order valence-electron chi connectivity index (χ2n) is 8.65. The Kier molecular flexibility index (Phi) is 8.79. The molecule has 0 radical (unpaired) electrons. The van der Waals surface area contributed by atoms with Gasteiger partial charge in [-0.3, -0.25) is 4.79 Å². The van der Waals surface area contributed by atoms with Gasteiger partial charge in [-0.15, -0.1) is 0 Å². The van der Waals surface area contributed by atoms with Gasteiger partial charge < -0.3 is 9.88 Å². The first-order valence-electron chi connectivity index (χ1n) is 12.4. The van der Waals surface area contributed by atoms with Crippen molar-refractivity contribution in [3.05, 3.63) is 96.1 Å². The lowest BCUT2D eigenvalue weighted by Gasteiger charge is -2.12. The van der Waals surface area contributed by atoms with Crippen molar-refractivity contribution in [2.75, 3.05) is 12.3 Å². The van der Waals surface area contributed by atoms with Crippen LogP contribution in [0.15, 0.2) is 90.1 Å². The third-order valence-electron chi connectivity index (χ3n) is 5.88. The summed E-state index contributed by atoms with van der Waals surface area (Å²) in [5.74, 6) is 0.958. The average Bonchev–Trinajstić information content (AvgIpc) is 3.25. The molecular weight excluding hydrogens is 450 g/mol. The number of imidazole rings is 1. The molecule has 1 aromatic heterocycles. The van der Waals surface area contributed by atoms with Crippen LogP contribution in [0.4, 0.5) is 0 Å². The van der Waals surface area contributed by atoms with Crippen molar-refractivity contribution in [2.45, 2.75) is 44.8 Å². The van der Waals surface area contributed by atoms with E-state index in [1.54, 1.807) is 0 Å². The first kappa shape index (κ1) is 24.8. The molecule has 1 heterocycles. The molecule has 4 nitrogen and oxygen atoms in total. The summed E-state index contributed by atoms with van der Waals surface area (Å²) in [5, 5.41) is 4.10. The van der Waals surface area contributed by atoms with E-state index in [0.29, 0.717) is 12.1 Å². The van der Waals surface area contributed by atoms with Crippen molar-refractivity contribution in [3.8, 4) is 22.5 Å². The van der Waals surface area contributed by atoms with Gasteiger partial charge in [0.05, 0.1) is 11.4 Å². The first-order valence-corrected chi connectivity index (χ1v) is 13.3. The largest absolute Gasteiger partial charge is 0.352 e. The molecular formula is C30H33N3OS. The van der Waals surface area contributed by atoms with E-state index in [4.69, 9.17) is 4.98 Å². The third-order valence-corrected chi connectivity index (χ3v) is 6.94. The van der Waals surface area contributed by atoms with E-state index in [9.17, 15) is 4.79 Å². The third kappa shape index (κ3) is 6.43. The van der Waals surface area contributed by atoms with Crippen molar-refractivity contribution in [3.63, 3.8) is 0 Å². The maximum absolute atomic E-state index is 12.3. The number of rotatable bonds is 11. The predicted octanol–water partition coefficient (Wildman–Crippen LogP) is 7.24. The molecule has 0 bridgehead atoms. The van der Waals surface area contributed by atoms with Crippen LogP contribution < -0.4 is 5.32 Å². The number of nitrogens with zero attached hydrogens (tertiary/aromatic N) is 2. The van der Waals surface area contributed by atoms with Gasteiger partial charge in [0.15, 0.2) is 5.16 Å². The summed E-state index contributed by atoms with van der Waals surface area (Å²) in [6.45, 7) is 5.85. The Morgan fingerprint density at radius 3 is 2.20 bits per heavy atom. The van der Waals surface area contributed by atoms with Crippen LogP contribution in [-0.4, -0.2) is 27.8 Å². The molecule has 1 amide bonds. The van der Waals surface area contributed by atoms with E-state index in [1.807, 2.05) is 49.0 Å². The number of carbonyl (C=O) groups excluding carboxylic acids is 1. The van der Waals surface area contributed by atoms with Crippen molar-refractivity contribution < 1.29 is 4.79 Å². The second kappa shape index (κ2) is 12.4. The van der Waals surface area contributed by atoms with Crippen molar-refractivity contribution in [1.29, 1.82) is 0 Å². The van der Waals surface area contributed by atoms with Gasteiger partial charge in [-0.05, 0) is 38.3 Å². The number of benzene rings is 3. The molecule has 0 unspecified atom stereocenters. The van der Waals surface area contributed by atoms with Crippen LogP contribution in [0.5, 0.6) is 0 Å². The van der Waals surface area contributed by atoms with Gasteiger partial charge in [-0.1, -0.05) is 97.0 Å². The van der Waals surface area contributed by atoms with Crippen molar-refractivity contribution >= 4 is 17.7 Å². The average molecular weight is 484 g/mol. The predicted molar refractivity (Wildman–Crippen MR) is 147 cm³/mol. The molecule has 4 aromatic rings. The zero-order valence-electron chi connectivity index (χ0n) is 20.5. The Morgan fingerprint density at radius 1 is 0.886 bits per heavy atom. The van der Waals surface area contributed by atoms with Gasteiger partial charge in [0, 0.05) is 35.5 Å². The van der Waals surface area contributed by atoms with Gasteiger partial charge in [-0.2, -0.15) is 0 Å². The van der Waals surface area contributed by atoms with E-state index in [1.165, 1.54) is 11.3 Å². The molecule has 0 saturated carbocycles. The summed E-state index contributed by atoms with van der Waals surface area (Å²) in [6, 6.07) is 28.7. The zero-order chi connectivity index (χ0) is 24.5. The Hall–Kier alpha value is -3.31. The normalized spacial score (nSPS) is 10.9. The summed E-state index contributed by atoms with van der Waals surface area (Å²) in [4.78, 5) is 17.4. The van der Waals surface area contributed by atoms with E-state index in [-0.39, 0.29) is 5.91 Å². The van der Waals surface area contributed by atoms with Crippen molar-refractivity contribution in [1.82, 2.24) is 14.9 Å². The van der Waals surface area contributed by atoms with Gasteiger partial charge in [-0.25, -0.2) is 4.98 Å². The molecule has 5 heteroatoms. The quantitative estimate of drug-likeness (QED) is 0.181. The van der Waals surface area contributed by atoms with Crippen LogP contribution in [0.1, 0.15) is 42.1 Å². The number of carbonyl (C=O) groups is 1. The standard InChI is InChI=1S/C30H33N3OS/c1-3-21-33-28(25-14-8-5-9-15-25)27(24-12-6-4-7-13-24)32-30(33)35-22-11-10-20-31-29(34)26-18-16-23(2)17-19-26/h4-9,12-19H,3,10-11,20-22H2,1-2H3,(H,31,34). The number of aromatic nitrogens is 2. The van der Waals surface area contributed by atoms with Crippen molar-refractivity contribution in [2.24, 2.45) is 0 Å². The van der Waals surface area contributed by atoms with Gasteiger partial charge >= 0.3 is 0 Å². The number of hydrogen-bond donors (Lipinski definition) is 1. The fourth-order valence-corrected chi connectivity index (χ4v) is 5.08. The monoisotopic (exact) mass is 483 g/mol. The Bertz CT molecular complexity index is 1220. The summed E-state index contributed by atoms with van der Waals surface area (Å²) in [7, 11) is 0. The lowest BCUT2D eigenvalue weighted by Crippen LogP contribution is -2.24. The Labute approximate surface area is 212 Å². The van der Waals surface area contributed by atoms with Gasteiger partial charge in [0.25, 0.3) is 5.91 Å². The Balaban J connectivity index is 1.42. The van der Waals surface area contributed by atoms with Crippen LogP contribution in [0.2, 0.25) is 0 Å². The molecule has 35 heavy (non-hydrogen) atoms. The smallest absolute Gasteiger partial charge is 0.251 e. The van der Waals surface area contributed by atoms with Crippen LogP contribution in [0.25, 0.3) is 22.5 Å². The molecule has 0 spiro atoms. The fourth-order valence-electron chi connectivity index (χ4n) is 4.06. The van der Waals surface area contributed by atoms with E-state index in [2.05, 4.69) is 71.4 Å². The molecule has 0 aliphatic heterocycles. The zero-order valence-corrected chi connectivity index (χ0v) is 21.4. The number of amides is 1.